The van der Waals surface area contributed by atoms with Crippen LogP contribution in [-0.4, -0.2) is 62.5 Å². The highest BCUT2D eigenvalue weighted by Crippen LogP contribution is 2.22. The molecule has 1 amide bonds. The van der Waals surface area contributed by atoms with E-state index in [-0.39, 0.29) is 16.3 Å². The summed E-state index contributed by atoms with van der Waals surface area (Å²) in [4.78, 5) is 26.5. The van der Waals surface area contributed by atoms with Crippen LogP contribution in [0.4, 0.5) is 11.5 Å². The van der Waals surface area contributed by atoms with Crippen molar-refractivity contribution in [1.29, 1.82) is 0 Å². The topological polar surface area (TPSA) is 122 Å². The van der Waals surface area contributed by atoms with Crippen LogP contribution in [0.25, 0.3) is 0 Å². The summed E-state index contributed by atoms with van der Waals surface area (Å²) in [6.07, 6.45) is 0. The molecule has 0 radical (unpaired) electrons. The van der Waals surface area contributed by atoms with E-state index in [4.69, 9.17) is 9.26 Å². The van der Waals surface area contributed by atoms with E-state index in [0.29, 0.717) is 31.9 Å². The number of esters is 1. The normalized spacial score (nSPS) is 14.6. The standard InChI is InChI=1S/C23H24N4O6S/c1-17-14-21(25-33-17)24-22(28)16-32-23(29)18-6-5-9-20(15-18)34(30,31)27-12-10-26(11-13-27)19-7-3-2-4-8-19/h2-9,14-15H,10-13,16H2,1H3,(H,24,25,28). The number of aromatic nitrogens is 1. The van der Waals surface area contributed by atoms with Crippen LogP contribution in [0.15, 0.2) is 70.1 Å². The Hall–Kier alpha value is -3.70. The average Bonchev–Trinajstić information content (AvgIpc) is 3.27. The van der Waals surface area contributed by atoms with E-state index < -0.39 is 28.5 Å². The van der Waals surface area contributed by atoms with Crippen molar-refractivity contribution in [3.63, 3.8) is 0 Å². The average molecular weight is 485 g/mol. The largest absolute Gasteiger partial charge is 0.452 e. The molecule has 0 atom stereocenters. The fraction of sp³-hybridized carbons (Fsp3) is 0.261. The third kappa shape index (κ3) is 5.43. The maximum Gasteiger partial charge on any atom is 0.338 e. The summed E-state index contributed by atoms with van der Waals surface area (Å²) in [5.74, 6) is -0.676. The van der Waals surface area contributed by atoms with E-state index in [2.05, 4.69) is 15.4 Å². The van der Waals surface area contributed by atoms with Gasteiger partial charge in [0.25, 0.3) is 5.91 Å². The Balaban J connectivity index is 1.36. The smallest absolute Gasteiger partial charge is 0.338 e. The molecule has 0 unspecified atom stereocenters. The number of rotatable bonds is 7. The number of amides is 1. The monoisotopic (exact) mass is 484 g/mol. The second-order valence-electron chi connectivity index (χ2n) is 7.70. The van der Waals surface area contributed by atoms with E-state index in [9.17, 15) is 18.0 Å². The molecule has 10 nitrogen and oxygen atoms in total. The number of carbonyl (C=O) groups is 2. The summed E-state index contributed by atoms with van der Waals surface area (Å²) in [6.45, 7) is 2.90. The van der Waals surface area contributed by atoms with E-state index in [1.807, 2.05) is 30.3 Å². The van der Waals surface area contributed by atoms with Crippen LogP contribution in [-0.2, 0) is 19.6 Å². The van der Waals surface area contributed by atoms with Gasteiger partial charge in [0.2, 0.25) is 10.0 Å². The van der Waals surface area contributed by atoms with Crippen molar-refractivity contribution in [3.05, 3.63) is 72.0 Å². The number of nitrogens with one attached hydrogen (secondary N) is 1. The second-order valence-corrected chi connectivity index (χ2v) is 9.64. The molecule has 0 spiro atoms. The van der Waals surface area contributed by atoms with E-state index in [0.717, 1.165) is 5.69 Å². The Bertz CT molecular complexity index is 1270. The van der Waals surface area contributed by atoms with Gasteiger partial charge in [0.15, 0.2) is 12.4 Å². The highest BCUT2D eigenvalue weighted by molar-refractivity contribution is 7.89. The van der Waals surface area contributed by atoms with Crippen LogP contribution in [0.2, 0.25) is 0 Å². The van der Waals surface area contributed by atoms with Crippen LogP contribution in [0, 0.1) is 6.92 Å². The minimum Gasteiger partial charge on any atom is -0.452 e. The number of hydrogen-bond acceptors (Lipinski definition) is 8. The molecule has 1 fully saturated rings. The maximum absolute atomic E-state index is 13.2. The molecular weight excluding hydrogens is 460 g/mol. The lowest BCUT2D eigenvalue weighted by atomic mass is 10.2. The molecule has 1 aliphatic rings. The van der Waals surface area contributed by atoms with Crippen molar-refractivity contribution in [2.75, 3.05) is 43.0 Å². The molecule has 3 aromatic rings. The number of anilines is 2. The number of nitrogens with zero attached hydrogens (tertiary/aromatic N) is 3. The zero-order valence-corrected chi connectivity index (χ0v) is 19.3. The van der Waals surface area contributed by atoms with Gasteiger partial charge in [-0.25, -0.2) is 13.2 Å². The fourth-order valence-corrected chi connectivity index (χ4v) is 5.05. The summed E-state index contributed by atoms with van der Waals surface area (Å²) < 4.78 is 37.6. The van der Waals surface area contributed by atoms with Gasteiger partial charge in [0, 0.05) is 37.9 Å². The van der Waals surface area contributed by atoms with Crippen LogP contribution in [0.3, 0.4) is 0 Å². The third-order valence-electron chi connectivity index (χ3n) is 5.30. The van der Waals surface area contributed by atoms with Gasteiger partial charge in [-0.15, -0.1) is 0 Å². The van der Waals surface area contributed by atoms with Crippen molar-refractivity contribution in [2.45, 2.75) is 11.8 Å². The molecule has 0 bridgehead atoms. The predicted octanol–water partition coefficient (Wildman–Crippen LogP) is 2.29. The molecule has 1 saturated heterocycles. The van der Waals surface area contributed by atoms with Crippen molar-refractivity contribution >= 4 is 33.4 Å². The number of hydrogen-bond donors (Lipinski definition) is 1. The predicted molar refractivity (Wildman–Crippen MR) is 124 cm³/mol. The summed E-state index contributed by atoms with van der Waals surface area (Å²) >= 11 is 0. The first-order chi connectivity index (χ1) is 16.3. The summed E-state index contributed by atoms with van der Waals surface area (Å²) in [5.41, 5.74) is 1.08. The molecular formula is C23H24N4O6S. The van der Waals surface area contributed by atoms with Gasteiger partial charge in [-0.05, 0) is 37.3 Å². The molecule has 0 aliphatic carbocycles. The van der Waals surface area contributed by atoms with E-state index in [1.54, 1.807) is 6.92 Å². The summed E-state index contributed by atoms with van der Waals surface area (Å²) in [7, 11) is -3.79. The Morgan fingerprint density at radius 1 is 1.03 bits per heavy atom. The fourth-order valence-electron chi connectivity index (χ4n) is 3.58. The van der Waals surface area contributed by atoms with Crippen LogP contribution in [0.5, 0.6) is 0 Å². The van der Waals surface area contributed by atoms with E-state index >= 15 is 0 Å². The number of aryl methyl sites for hydroxylation is 1. The third-order valence-corrected chi connectivity index (χ3v) is 7.19. The number of sulfonamides is 1. The second kappa shape index (κ2) is 10.1. The molecule has 0 saturated carbocycles. The number of benzene rings is 2. The van der Waals surface area contributed by atoms with Crippen molar-refractivity contribution in [1.82, 2.24) is 9.46 Å². The number of piperazine rings is 1. The molecule has 1 aromatic heterocycles. The quantitative estimate of drug-likeness (QED) is 0.507. The Labute approximate surface area is 197 Å². The van der Waals surface area contributed by atoms with E-state index in [1.165, 1.54) is 34.6 Å². The van der Waals surface area contributed by atoms with Gasteiger partial charge in [-0.2, -0.15) is 4.31 Å². The van der Waals surface area contributed by atoms with Crippen LogP contribution in [0.1, 0.15) is 16.1 Å². The van der Waals surface area contributed by atoms with Gasteiger partial charge < -0.3 is 19.5 Å². The Morgan fingerprint density at radius 3 is 2.44 bits per heavy atom. The highest BCUT2D eigenvalue weighted by atomic mass is 32.2. The van der Waals surface area contributed by atoms with Gasteiger partial charge >= 0.3 is 5.97 Å². The van der Waals surface area contributed by atoms with Crippen molar-refractivity contribution < 1.29 is 27.3 Å². The molecule has 1 aliphatic heterocycles. The van der Waals surface area contributed by atoms with Gasteiger partial charge in [0.05, 0.1) is 10.5 Å². The molecule has 1 N–H and O–H groups in total. The van der Waals surface area contributed by atoms with Gasteiger partial charge in [-0.3, -0.25) is 4.79 Å². The van der Waals surface area contributed by atoms with Crippen molar-refractivity contribution in [3.8, 4) is 0 Å². The van der Waals surface area contributed by atoms with Gasteiger partial charge in [0.1, 0.15) is 5.76 Å². The Kier molecular flexibility index (Phi) is 6.94. The first kappa shape index (κ1) is 23.5. The van der Waals surface area contributed by atoms with Crippen LogP contribution < -0.4 is 10.2 Å². The first-order valence-electron chi connectivity index (χ1n) is 10.6. The van der Waals surface area contributed by atoms with Crippen LogP contribution >= 0.6 is 0 Å². The van der Waals surface area contributed by atoms with Gasteiger partial charge in [-0.1, -0.05) is 29.4 Å². The molecule has 2 heterocycles. The number of carbonyl (C=O) groups excluding carboxylic acids is 2. The zero-order valence-electron chi connectivity index (χ0n) is 18.5. The molecule has 34 heavy (non-hydrogen) atoms. The molecule has 11 heteroatoms. The SMILES string of the molecule is Cc1cc(NC(=O)COC(=O)c2cccc(S(=O)(=O)N3CCN(c4ccccc4)CC3)c2)no1. The summed E-state index contributed by atoms with van der Waals surface area (Å²) in [5, 5.41) is 6.06. The highest BCUT2D eigenvalue weighted by Gasteiger charge is 2.29. The Morgan fingerprint density at radius 2 is 1.76 bits per heavy atom. The lowest BCUT2D eigenvalue weighted by Crippen LogP contribution is -2.48. The molecule has 4 rings (SSSR count). The summed E-state index contributed by atoms with van der Waals surface area (Å²) in [6, 6.07) is 17.0. The number of ether oxygens (including phenoxy) is 1. The maximum atomic E-state index is 13.2. The lowest BCUT2D eigenvalue weighted by Gasteiger charge is -2.35. The molecule has 178 valence electrons. The lowest BCUT2D eigenvalue weighted by molar-refractivity contribution is -0.119. The minimum atomic E-state index is -3.79. The molecule has 2 aromatic carbocycles. The van der Waals surface area contributed by atoms with Crippen molar-refractivity contribution in [2.24, 2.45) is 0 Å². The zero-order chi connectivity index (χ0) is 24.1. The first-order valence-corrected chi connectivity index (χ1v) is 12.1. The number of para-hydroxylation sites is 1. The minimum absolute atomic E-state index is 0.00219.